The van der Waals surface area contributed by atoms with Crippen LogP contribution in [-0.4, -0.2) is 48.0 Å². The van der Waals surface area contributed by atoms with Crippen LogP contribution in [0, 0.1) is 5.92 Å². The van der Waals surface area contributed by atoms with E-state index >= 15 is 0 Å². The van der Waals surface area contributed by atoms with Gasteiger partial charge in [-0.25, -0.2) is 4.98 Å². The molecule has 3 unspecified atom stereocenters. The van der Waals surface area contributed by atoms with Crippen molar-refractivity contribution >= 4 is 22.5 Å². The van der Waals surface area contributed by atoms with Gasteiger partial charge >= 0.3 is 0 Å². The topological polar surface area (TPSA) is 97.6 Å². The Morgan fingerprint density at radius 3 is 2.71 bits per heavy atom. The van der Waals surface area contributed by atoms with Gasteiger partial charge < -0.3 is 26.2 Å². The summed E-state index contributed by atoms with van der Waals surface area (Å²) in [7, 11) is 0. The fourth-order valence-corrected chi connectivity index (χ4v) is 3.69. The van der Waals surface area contributed by atoms with Crippen molar-refractivity contribution in [1.82, 2.24) is 4.98 Å². The van der Waals surface area contributed by atoms with Gasteiger partial charge in [0, 0.05) is 35.7 Å². The third-order valence-corrected chi connectivity index (χ3v) is 4.96. The lowest BCUT2D eigenvalue weighted by Crippen LogP contribution is -2.37. The van der Waals surface area contributed by atoms with E-state index in [0.717, 1.165) is 42.6 Å². The SMILES string of the molecule is NC(O)C1C=C(c2ccc(N3CCOCC3)nc2)SC1N. The molecule has 0 spiro atoms. The maximum absolute atomic E-state index is 9.51. The molecule has 1 aromatic heterocycles. The zero-order valence-corrected chi connectivity index (χ0v) is 12.5. The fraction of sp³-hybridized carbons (Fsp3) is 0.500. The van der Waals surface area contributed by atoms with Gasteiger partial charge in [-0.1, -0.05) is 6.08 Å². The van der Waals surface area contributed by atoms with E-state index in [1.807, 2.05) is 24.4 Å². The number of ether oxygens (including phenoxy) is 1. The number of nitrogens with two attached hydrogens (primary N) is 2. The number of nitrogens with zero attached hydrogens (tertiary/aromatic N) is 2. The fourth-order valence-electron chi connectivity index (χ4n) is 2.50. The van der Waals surface area contributed by atoms with Crippen LogP contribution in [0.3, 0.4) is 0 Å². The molecule has 0 saturated carbocycles. The quantitative estimate of drug-likeness (QED) is 0.685. The monoisotopic (exact) mass is 308 g/mol. The zero-order valence-electron chi connectivity index (χ0n) is 11.7. The Balaban J connectivity index is 1.74. The lowest BCUT2D eigenvalue weighted by Gasteiger charge is -2.27. The second-order valence-corrected chi connectivity index (χ2v) is 6.41. The number of rotatable bonds is 3. The zero-order chi connectivity index (χ0) is 14.8. The lowest BCUT2D eigenvalue weighted by molar-refractivity contribution is 0.122. The molecule has 3 rings (SSSR count). The van der Waals surface area contributed by atoms with E-state index in [4.69, 9.17) is 16.2 Å². The molecule has 0 radical (unpaired) electrons. The van der Waals surface area contributed by atoms with Gasteiger partial charge in [-0.3, -0.25) is 0 Å². The van der Waals surface area contributed by atoms with Crippen molar-refractivity contribution in [2.75, 3.05) is 31.2 Å². The van der Waals surface area contributed by atoms with Gasteiger partial charge in [-0.2, -0.15) is 0 Å². The Kier molecular flexibility index (Phi) is 4.46. The standard InChI is InChI=1S/C14H20N4O2S/c15-13(19)10-7-11(21-14(10)16)9-1-2-12(17-8-9)18-3-5-20-6-4-18/h1-2,7-8,10,13-14,19H,3-6,15-16H2. The number of aliphatic hydroxyl groups excluding tert-OH is 1. The molecular formula is C14H20N4O2S. The van der Waals surface area contributed by atoms with Gasteiger partial charge in [0.25, 0.3) is 0 Å². The van der Waals surface area contributed by atoms with Gasteiger partial charge in [0.05, 0.1) is 18.6 Å². The number of morpholine rings is 1. The van der Waals surface area contributed by atoms with E-state index in [1.54, 1.807) is 0 Å². The number of thioether (sulfide) groups is 1. The average molecular weight is 308 g/mol. The highest BCUT2D eigenvalue weighted by molar-refractivity contribution is 8.09. The van der Waals surface area contributed by atoms with Crippen LogP contribution in [-0.2, 0) is 4.74 Å². The molecule has 3 atom stereocenters. The van der Waals surface area contributed by atoms with Crippen molar-refractivity contribution in [3.05, 3.63) is 30.0 Å². The van der Waals surface area contributed by atoms with Crippen molar-refractivity contribution in [2.24, 2.45) is 17.4 Å². The first-order valence-electron chi connectivity index (χ1n) is 7.02. The third kappa shape index (κ3) is 3.22. The van der Waals surface area contributed by atoms with Crippen molar-refractivity contribution in [2.45, 2.75) is 11.6 Å². The Hall–Kier alpha value is -1.12. The number of aromatic nitrogens is 1. The summed E-state index contributed by atoms with van der Waals surface area (Å²) in [6, 6.07) is 4.05. The third-order valence-electron chi connectivity index (χ3n) is 3.75. The second-order valence-electron chi connectivity index (χ2n) is 5.19. The molecule has 2 aliphatic rings. The van der Waals surface area contributed by atoms with Crippen LogP contribution >= 0.6 is 11.8 Å². The van der Waals surface area contributed by atoms with Crippen molar-refractivity contribution < 1.29 is 9.84 Å². The minimum atomic E-state index is -0.925. The van der Waals surface area contributed by atoms with Gasteiger partial charge in [0.1, 0.15) is 12.0 Å². The van der Waals surface area contributed by atoms with Crippen LogP contribution in [0.5, 0.6) is 0 Å². The normalized spacial score (nSPS) is 27.6. The van der Waals surface area contributed by atoms with Crippen LogP contribution in [0.15, 0.2) is 24.4 Å². The molecule has 5 N–H and O–H groups in total. The van der Waals surface area contributed by atoms with Gasteiger partial charge in [-0.15, -0.1) is 11.8 Å². The Morgan fingerprint density at radius 1 is 1.38 bits per heavy atom. The van der Waals surface area contributed by atoms with Crippen LogP contribution in [0.25, 0.3) is 4.91 Å². The molecule has 0 aliphatic carbocycles. The van der Waals surface area contributed by atoms with E-state index in [1.165, 1.54) is 11.8 Å². The molecule has 114 valence electrons. The minimum absolute atomic E-state index is 0.209. The highest BCUT2D eigenvalue weighted by Gasteiger charge is 2.29. The van der Waals surface area contributed by atoms with Crippen LogP contribution < -0.4 is 16.4 Å². The summed E-state index contributed by atoms with van der Waals surface area (Å²) >= 11 is 1.52. The minimum Gasteiger partial charge on any atom is -0.378 e. The molecule has 2 aliphatic heterocycles. The number of aliphatic hydroxyl groups is 1. The molecule has 0 aromatic carbocycles. The van der Waals surface area contributed by atoms with Gasteiger partial charge in [-0.05, 0) is 12.1 Å². The summed E-state index contributed by atoms with van der Waals surface area (Å²) in [4.78, 5) is 7.76. The summed E-state index contributed by atoms with van der Waals surface area (Å²) in [5.74, 6) is 0.745. The number of anilines is 1. The van der Waals surface area contributed by atoms with Crippen LogP contribution in [0.4, 0.5) is 5.82 Å². The first-order valence-corrected chi connectivity index (χ1v) is 7.90. The number of hydrogen-bond acceptors (Lipinski definition) is 7. The Bertz CT molecular complexity index is 514. The summed E-state index contributed by atoms with van der Waals surface area (Å²) in [5.41, 5.74) is 12.5. The molecular weight excluding hydrogens is 288 g/mol. The van der Waals surface area contributed by atoms with E-state index in [2.05, 4.69) is 9.88 Å². The maximum Gasteiger partial charge on any atom is 0.128 e. The first kappa shape index (κ1) is 14.8. The summed E-state index contributed by atoms with van der Waals surface area (Å²) < 4.78 is 5.34. The Morgan fingerprint density at radius 2 is 2.14 bits per heavy atom. The molecule has 0 bridgehead atoms. The largest absolute Gasteiger partial charge is 0.378 e. The van der Waals surface area contributed by atoms with E-state index in [0.29, 0.717) is 0 Å². The maximum atomic E-state index is 9.51. The van der Waals surface area contributed by atoms with Gasteiger partial charge in [0.15, 0.2) is 0 Å². The smallest absolute Gasteiger partial charge is 0.128 e. The average Bonchev–Trinajstić information content (AvgIpc) is 2.90. The van der Waals surface area contributed by atoms with Crippen LogP contribution in [0.1, 0.15) is 5.56 Å². The predicted octanol–water partition coefficient (Wildman–Crippen LogP) is 0.184. The van der Waals surface area contributed by atoms with E-state index in [9.17, 15) is 5.11 Å². The summed E-state index contributed by atoms with van der Waals surface area (Å²) in [5, 5.41) is 9.30. The molecule has 1 saturated heterocycles. The van der Waals surface area contributed by atoms with Crippen molar-refractivity contribution in [3.63, 3.8) is 0 Å². The molecule has 1 fully saturated rings. The highest BCUT2D eigenvalue weighted by Crippen LogP contribution is 2.40. The molecule has 7 heteroatoms. The summed E-state index contributed by atoms with van der Waals surface area (Å²) in [6.45, 7) is 3.23. The van der Waals surface area contributed by atoms with E-state index < -0.39 is 6.23 Å². The predicted molar refractivity (Wildman–Crippen MR) is 84.5 cm³/mol. The van der Waals surface area contributed by atoms with Crippen LogP contribution in [0.2, 0.25) is 0 Å². The molecule has 6 nitrogen and oxygen atoms in total. The number of pyridine rings is 1. The highest BCUT2D eigenvalue weighted by atomic mass is 32.2. The summed E-state index contributed by atoms with van der Waals surface area (Å²) in [6.07, 6.45) is 2.86. The molecule has 3 heterocycles. The molecule has 1 aromatic rings. The van der Waals surface area contributed by atoms with Crippen molar-refractivity contribution in [3.8, 4) is 0 Å². The Labute approximate surface area is 128 Å². The van der Waals surface area contributed by atoms with Gasteiger partial charge in [0.2, 0.25) is 0 Å². The second kappa shape index (κ2) is 6.33. The molecule has 21 heavy (non-hydrogen) atoms. The number of hydrogen-bond donors (Lipinski definition) is 3. The molecule has 0 amide bonds. The first-order chi connectivity index (χ1) is 10.1. The van der Waals surface area contributed by atoms with E-state index in [-0.39, 0.29) is 11.3 Å². The van der Waals surface area contributed by atoms with Crippen molar-refractivity contribution in [1.29, 1.82) is 0 Å². The lowest BCUT2D eigenvalue weighted by atomic mass is 10.1.